The van der Waals surface area contributed by atoms with E-state index in [-0.39, 0.29) is 0 Å². The van der Waals surface area contributed by atoms with E-state index in [1.807, 2.05) is 0 Å². The number of aromatic nitrogens is 2. The van der Waals surface area contributed by atoms with Crippen LogP contribution in [0.2, 0.25) is 0 Å². The minimum atomic E-state index is 0.625. The van der Waals surface area contributed by atoms with Crippen molar-refractivity contribution < 1.29 is 4.57 Å². The molecule has 0 bridgehead atoms. The summed E-state index contributed by atoms with van der Waals surface area (Å²) < 4.78 is 2.59. The van der Waals surface area contributed by atoms with E-state index < -0.39 is 0 Å². The fourth-order valence-electron chi connectivity index (χ4n) is 4.84. The van der Waals surface area contributed by atoms with E-state index in [1.165, 1.54) is 128 Å². The van der Waals surface area contributed by atoms with Crippen molar-refractivity contribution in [3.63, 3.8) is 0 Å². The first-order valence-corrected chi connectivity index (χ1v) is 13.8. The molecule has 0 spiro atoms. The first-order valence-electron chi connectivity index (χ1n) is 13.8. The summed E-state index contributed by atoms with van der Waals surface area (Å²) >= 11 is 0. The quantitative estimate of drug-likeness (QED) is 0.151. The smallest absolute Gasteiger partial charge is 0.247 e. The molecule has 1 aromatic heterocycles. The zero-order valence-corrected chi connectivity index (χ0v) is 21.2. The predicted octanol–water partition coefficient (Wildman–Crippen LogP) is 9.42. The summed E-state index contributed by atoms with van der Waals surface area (Å²) in [6, 6.07) is 0.625. The van der Waals surface area contributed by atoms with Gasteiger partial charge in [-0.25, -0.2) is 9.55 Å². The predicted molar refractivity (Wildman–Crippen MR) is 133 cm³/mol. The van der Waals surface area contributed by atoms with Gasteiger partial charge in [-0.2, -0.15) is 0 Å². The van der Waals surface area contributed by atoms with Gasteiger partial charge in [-0.05, 0) is 32.6 Å². The highest BCUT2D eigenvalue weighted by Crippen LogP contribution is 2.27. The molecule has 1 N–H and O–H groups in total. The van der Waals surface area contributed by atoms with Crippen molar-refractivity contribution in [2.45, 2.75) is 162 Å². The number of nitrogens with zero attached hydrogens (tertiary/aromatic N) is 1. The van der Waals surface area contributed by atoms with Crippen molar-refractivity contribution in [3.05, 3.63) is 18.2 Å². The van der Waals surface area contributed by atoms with Gasteiger partial charge >= 0.3 is 0 Å². The van der Waals surface area contributed by atoms with Gasteiger partial charge in [-0.1, -0.05) is 117 Å². The van der Waals surface area contributed by atoms with Gasteiger partial charge < -0.3 is 0 Å². The molecule has 0 aliphatic carbocycles. The SMILES string of the molecule is CCCCCCCCC(CCCCCCCC)c1[nH]cc[n+]1C(C)CCCCCC. The van der Waals surface area contributed by atoms with Crippen molar-refractivity contribution in [3.8, 4) is 0 Å². The lowest BCUT2D eigenvalue weighted by atomic mass is 9.93. The average molecular weight is 420 g/mol. The Bertz CT molecular complexity index is 463. The molecule has 0 aromatic carbocycles. The minimum Gasteiger partial charge on any atom is -0.247 e. The van der Waals surface area contributed by atoms with Crippen molar-refractivity contribution in [1.29, 1.82) is 0 Å². The number of aromatic amines is 1. The third-order valence-electron chi connectivity index (χ3n) is 6.89. The number of hydrogen-bond donors (Lipinski definition) is 1. The molecule has 2 heteroatoms. The molecule has 0 amide bonds. The van der Waals surface area contributed by atoms with Crippen molar-refractivity contribution in [2.24, 2.45) is 0 Å². The monoisotopic (exact) mass is 419 g/mol. The minimum absolute atomic E-state index is 0.625. The van der Waals surface area contributed by atoms with Gasteiger partial charge in [0.15, 0.2) is 0 Å². The topological polar surface area (TPSA) is 19.7 Å². The molecule has 0 radical (unpaired) electrons. The number of hydrogen-bond acceptors (Lipinski definition) is 0. The molecule has 176 valence electrons. The molecule has 1 atom stereocenters. The Morgan fingerprint density at radius 3 is 1.60 bits per heavy atom. The maximum atomic E-state index is 3.67. The van der Waals surface area contributed by atoms with Crippen LogP contribution < -0.4 is 4.57 Å². The van der Waals surface area contributed by atoms with Crippen LogP contribution in [0.25, 0.3) is 0 Å². The highest BCUT2D eigenvalue weighted by Gasteiger charge is 2.25. The first-order chi connectivity index (χ1) is 14.7. The van der Waals surface area contributed by atoms with E-state index in [1.54, 1.807) is 0 Å². The second-order valence-corrected chi connectivity index (χ2v) is 9.76. The van der Waals surface area contributed by atoms with Crippen LogP contribution in [0.4, 0.5) is 0 Å². The lowest BCUT2D eigenvalue weighted by Gasteiger charge is -2.17. The van der Waals surface area contributed by atoms with Crippen LogP contribution in [0.15, 0.2) is 12.4 Å². The Labute approximate surface area is 189 Å². The van der Waals surface area contributed by atoms with E-state index in [0.29, 0.717) is 6.04 Å². The number of imidazole rings is 1. The van der Waals surface area contributed by atoms with E-state index >= 15 is 0 Å². The zero-order valence-electron chi connectivity index (χ0n) is 21.2. The molecule has 0 fully saturated rings. The van der Waals surface area contributed by atoms with Gasteiger partial charge in [0.05, 0.1) is 12.0 Å². The lowest BCUT2D eigenvalue weighted by molar-refractivity contribution is -0.727. The maximum absolute atomic E-state index is 3.67. The molecule has 1 rings (SSSR count). The number of unbranched alkanes of at least 4 members (excludes halogenated alkanes) is 13. The second kappa shape index (κ2) is 18.9. The molecule has 2 nitrogen and oxygen atoms in total. The van der Waals surface area contributed by atoms with E-state index in [9.17, 15) is 0 Å². The summed E-state index contributed by atoms with van der Waals surface area (Å²) in [5.74, 6) is 2.23. The standard InChI is InChI=1S/C28H54N2/c1-5-8-11-14-16-19-22-27(23-20-17-15-12-9-6-2)28-29-24-25-30(28)26(4)21-18-13-10-7-3/h24-27H,5-23H2,1-4H3/p+1. The largest absolute Gasteiger partial charge is 0.257 e. The van der Waals surface area contributed by atoms with Gasteiger partial charge in [0.25, 0.3) is 5.82 Å². The fraction of sp³-hybridized carbons (Fsp3) is 0.893. The van der Waals surface area contributed by atoms with Gasteiger partial charge in [-0.15, -0.1) is 0 Å². The molecule has 1 aromatic rings. The van der Waals surface area contributed by atoms with Crippen LogP contribution in [0.1, 0.15) is 167 Å². The molecule has 0 aliphatic heterocycles. The van der Waals surface area contributed by atoms with Crippen LogP contribution in [-0.4, -0.2) is 4.98 Å². The second-order valence-electron chi connectivity index (χ2n) is 9.76. The molecular weight excluding hydrogens is 364 g/mol. The van der Waals surface area contributed by atoms with Gasteiger partial charge in [0.2, 0.25) is 0 Å². The Kier molecular flexibility index (Phi) is 17.2. The molecule has 0 saturated carbocycles. The Morgan fingerprint density at radius 2 is 1.07 bits per heavy atom. The molecule has 0 saturated heterocycles. The van der Waals surface area contributed by atoms with Crippen LogP contribution in [0, 0.1) is 0 Å². The summed E-state index contributed by atoms with van der Waals surface area (Å²) in [7, 11) is 0. The molecule has 30 heavy (non-hydrogen) atoms. The van der Waals surface area contributed by atoms with E-state index in [0.717, 1.165) is 5.92 Å². The maximum Gasteiger partial charge on any atom is 0.257 e. The third-order valence-corrected chi connectivity index (χ3v) is 6.89. The van der Waals surface area contributed by atoms with Gasteiger partial charge in [0.1, 0.15) is 12.4 Å². The Balaban J connectivity index is 2.58. The molecule has 0 aliphatic rings. The Morgan fingerprint density at radius 1 is 0.633 bits per heavy atom. The summed E-state index contributed by atoms with van der Waals surface area (Å²) in [6.45, 7) is 9.35. The first kappa shape index (κ1) is 27.2. The van der Waals surface area contributed by atoms with Crippen molar-refractivity contribution in [1.82, 2.24) is 4.98 Å². The average Bonchev–Trinajstić information content (AvgIpc) is 3.24. The van der Waals surface area contributed by atoms with E-state index in [4.69, 9.17) is 0 Å². The molecular formula is C28H55N2+. The number of nitrogens with one attached hydrogen (secondary N) is 1. The summed E-state index contributed by atoms with van der Waals surface area (Å²) in [4.78, 5) is 3.67. The summed E-state index contributed by atoms with van der Waals surface area (Å²) in [6.07, 6.45) is 30.9. The Hall–Kier alpha value is -0.790. The van der Waals surface area contributed by atoms with Crippen LogP contribution in [0.5, 0.6) is 0 Å². The number of H-pyrrole nitrogens is 1. The molecule has 1 unspecified atom stereocenters. The van der Waals surface area contributed by atoms with Gasteiger partial charge in [-0.3, -0.25) is 0 Å². The normalized spacial score (nSPS) is 12.7. The third kappa shape index (κ3) is 12.2. The zero-order chi connectivity index (χ0) is 21.9. The highest BCUT2D eigenvalue weighted by molar-refractivity contribution is 4.90. The summed E-state index contributed by atoms with van der Waals surface area (Å²) in [5, 5.41) is 0. The van der Waals surface area contributed by atoms with Gasteiger partial charge in [0, 0.05) is 0 Å². The number of rotatable bonds is 21. The van der Waals surface area contributed by atoms with Crippen molar-refractivity contribution >= 4 is 0 Å². The van der Waals surface area contributed by atoms with E-state index in [2.05, 4.69) is 49.6 Å². The summed E-state index contributed by atoms with van der Waals surface area (Å²) in [5.41, 5.74) is 0. The van der Waals surface area contributed by atoms with Crippen LogP contribution in [-0.2, 0) is 0 Å². The fourth-order valence-corrected chi connectivity index (χ4v) is 4.84. The van der Waals surface area contributed by atoms with Crippen molar-refractivity contribution in [2.75, 3.05) is 0 Å². The molecule has 1 heterocycles. The van der Waals surface area contributed by atoms with Crippen LogP contribution in [0.3, 0.4) is 0 Å². The van der Waals surface area contributed by atoms with Crippen LogP contribution >= 0.6 is 0 Å². The highest BCUT2D eigenvalue weighted by atomic mass is 15.1. The lowest BCUT2D eigenvalue weighted by Crippen LogP contribution is -2.41.